The van der Waals surface area contributed by atoms with Gasteiger partial charge in [0.2, 0.25) is 0 Å². The molecule has 0 aromatic carbocycles. The molecule has 1 fully saturated rings. The molecule has 1 unspecified atom stereocenters. The summed E-state index contributed by atoms with van der Waals surface area (Å²) in [6, 6.07) is 0. The molecular weight excluding hydrogens is 184 g/mol. The first-order valence-electron chi connectivity index (χ1n) is 2.93. The van der Waals surface area contributed by atoms with Gasteiger partial charge < -0.3 is 10.4 Å². The predicted octanol–water partition coefficient (Wildman–Crippen LogP) is 1.43. The summed E-state index contributed by atoms with van der Waals surface area (Å²) in [5.41, 5.74) is 0. The fraction of sp³-hybridized carbons (Fsp3) is 0.600. The van der Waals surface area contributed by atoms with Crippen LogP contribution in [0.5, 0.6) is 0 Å². The number of nitrogens with zero attached hydrogens (tertiary/aromatic N) is 2. The van der Waals surface area contributed by atoms with Crippen LogP contribution in [0.1, 0.15) is 6.92 Å². The Balaban J connectivity index is 2.65. The van der Waals surface area contributed by atoms with Crippen LogP contribution in [0, 0.1) is 0 Å². The smallest absolute Gasteiger partial charge is 0.170 e. The van der Waals surface area contributed by atoms with Gasteiger partial charge in [0.25, 0.3) is 0 Å². The summed E-state index contributed by atoms with van der Waals surface area (Å²) >= 11 is 2.84. The van der Waals surface area contributed by atoms with Gasteiger partial charge in [-0.05, 0) is 6.92 Å². The first kappa shape index (κ1) is 8.73. The fourth-order valence-corrected chi connectivity index (χ4v) is 3.18. The minimum Gasteiger partial charge on any atom is -0.411 e. The van der Waals surface area contributed by atoms with Crippen LogP contribution in [0.2, 0.25) is 0 Å². The zero-order valence-electron chi connectivity index (χ0n) is 5.89. The van der Waals surface area contributed by atoms with E-state index in [4.69, 9.17) is 10.4 Å². The molecule has 2 N–H and O–H groups in total. The van der Waals surface area contributed by atoms with Gasteiger partial charge in [0.05, 0.1) is 11.0 Å². The van der Waals surface area contributed by atoms with E-state index in [1.165, 1.54) is 29.7 Å². The molecule has 0 aromatic rings. The lowest BCUT2D eigenvalue weighted by atomic mass is 10.2. The van der Waals surface area contributed by atoms with Crippen molar-refractivity contribution in [1.82, 2.24) is 0 Å². The lowest BCUT2D eigenvalue weighted by Crippen LogP contribution is -2.21. The third-order valence-electron chi connectivity index (χ3n) is 1.22. The number of hydrogen-bond donors (Lipinski definition) is 2. The second kappa shape index (κ2) is 3.36. The van der Waals surface area contributed by atoms with Crippen LogP contribution in [0.15, 0.2) is 10.3 Å². The summed E-state index contributed by atoms with van der Waals surface area (Å²) in [5, 5.41) is 22.7. The zero-order chi connectivity index (χ0) is 8.32. The van der Waals surface area contributed by atoms with Crippen molar-refractivity contribution >= 4 is 34.1 Å². The number of rotatable bonds is 1. The number of oxime groups is 2. The number of thioether (sulfide) groups is 2. The van der Waals surface area contributed by atoms with Gasteiger partial charge in [-0.25, -0.2) is 0 Å². The van der Waals surface area contributed by atoms with E-state index in [-0.39, 0.29) is 4.75 Å². The third-order valence-corrected chi connectivity index (χ3v) is 4.05. The normalized spacial score (nSPS) is 35.5. The van der Waals surface area contributed by atoms with E-state index in [0.29, 0.717) is 4.38 Å². The van der Waals surface area contributed by atoms with Gasteiger partial charge in [-0.3, -0.25) is 0 Å². The van der Waals surface area contributed by atoms with Gasteiger partial charge in [0, 0.05) is 5.75 Å². The molecule has 62 valence electrons. The Morgan fingerprint density at radius 3 is 2.82 bits per heavy atom. The highest BCUT2D eigenvalue weighted by atomic mass is 32.2. The zero-order valence-corrected chi connectivity index (χ0v) is 7.52. The Bertz CT molecular complexity index is 207. The number of hydrogen-bond acceptors (Lipinski definition) is 6. The Kier molecular flexibility index (Phi) is 2.67. The Hall–Kier alpha value is -0.360. The van der Waals surface area contributed by atoms with Gasteiger partial charge >= 0.3 is 0 Å². The van der Waals surface area contributed by atoms with Crippen molar-refractivity contribution in [2.45, 2.75) is 11.7 Å². The van der Waals surface area contributed by atoms with Crippen molar-refractivity contribution in [2.75, 3.05) is 5.75 Å². The lowest BCUT2D eigenvalue weighted by Gasteiger charge is -2.11. The molecule has 1 rings (SSSR count). The molecule has 1 saturated heterocycles. The largest absolute Gasteiger partial charge is 0.411 e. The van der Waals surface area contributed by atoms with E-state index in [1.54, 1.807) is 0 Å². The van der Waals surface area contributed by atoms with E-state index >= 15 is 0 Å². The van der Waals surface area contributed by atoms with Crippen LogP contribution >= 0.6 is 23.5 Å². The Morgan fingerprint density at radius 1 is 1.64 bits per heavy atom. The van der Waals surface area contributed by atoms with Crippen LogP contribution in [0.25, 0.3) is 0 Å². The third kappa shape index (κ3) is 2.03. The molecule has 1 heterocycles. The molecule has 6 heteroatoms. The summed E-state index contributed by atoms with van der Waals surface area (Å²) in [7, 11) is 0. The van der Waals surface area contributed by atoms with E-state index in [1.807, 2.05) is 6.92 Å². The molecule has 0 aromatic heterocycles. The molecule has 0 aliphatic carbocycles. The minimum atomic E-state index is -0.235. The van der Waals surface area contributed by atoms with Crippen molar-refractivity contribution in [3.8, 4) is 0 Å². The van der Waals surface area contributed by atoms with Crippen LogP contribution < -0.4 is 0 Å². The van der Waals surface area contributed by atoms with Gasteiger partial charge in [0.15, 0.2) is 4.38 Å². The lowest BCUT2D eigenvalue weighted by molar-refractivity contribution is 0.319. The Labute approximate surface area is 72.7 Å². The standard InChI is InChI=1S/C5H8N2O2S2/c1-5(2-6-8)3-10-4(7-9)11-5/h2,8-9H,3H2,1H3. The topological polar surface area (TPSA) is 65.2 Å². The van der Waals surface area contributed by atoms with Crippen LogP contribution in [-0.4, -0.2) is 31.5 Å². The highest BCUT2D eigenvalue weighted by Crippen LogP contribution is 2.40. The molecule has 1 aliphatic heterocycles. The molecule has 1 aliphatic rings. The molecule has 4 nitrogen and oxygen atoms in total. The van der Waals surface area contributed by atoms with Crippen LogP contribution in [0.4, 0.5) is 0 Å². The van der Waals surface area contributed by atoms with Crippen molar-refractivity contribution in [1.29, 1.82) is 0 Å². The van der Waals surface area contributed by atoms with Crippen LogP contribution in [-0.2, 0) is 0 Å². The predicted molar refractivity (Wildman–Crippen MR) is 48.0 cm³/mol. The molecule has 11 heavy (non-hydrogen) atoms. The maximum Gasteiger partial charge on any atom is 0.170 e. The SMILES string of the molecule is CC1(C=NO)CSC(=NO)S1. The molecule has 0 saturated carbocycles. The summed E-state index contributed by atoms with van der Waals surface area (Å²) in [5.74, 6) is 0.765. The highest BCUT2D eigenvalue weighted by molar-refractivity contribution is 8.42. The van der Waals surface area contributed by atoms with Gasteiger partial charge in [-0.1, -0.05) is 28.7 Å². The first-order valence-corrected chi connectivity index (χ1v) is 4.73. The van der Waals surface area contributed by atoms with E-state index < -0.39 is 0 Å². The maximum absolute atomic E-state index is 8.41. The fourth-order valence-electron chi connectivity index (χ4n) is 0.698. The molecular formula is C5H8N2O2S2. The first-order chi connectivity index (χ1) is 5.20. The maximum atomic E-state index is 8.41. The van der Waals surface area contributed by atoms with Crippen molar-refractivity contribution < 1.29 is 10.4 Å². The van der Waals surface area contributed by atoms with Gasteiger partial charge in [0.1, 0.15) is 0 Å². The monoisotopic (exact) mass is 192 g/mol. The summed E-state index contributed by atoms with van der Waals surface area (Å²) < 4.78 is 0.383. The minimum absolute atomic E-state index is 0.235. The average molecular weight is 192 g/mol. The molecule has 0 spiro atoms. The highest BCUT2D eigenvalue weighted by Gasteiger charge is 2.33. The molecule has 0 bridgehead atoms. The average Bonchev–Trinajstić information content (AvgIpc) is 2.33. The summed E-state index contributed by atoms with van der Waals surface area (Å²) in [4.78, 5) is 0. The van der Waals surface area contributed by atoms with Gasteiger partial charge in [-0.15, -0.1) is 5.16 Å². The van der Waals surface area contributed by atoms with Crippen molar-refractivity contribution in [2.24, 2.45) is 10.3 Å². The molecule has 1 atom stereocenters. The Morgan fingerprint density at radius 2 is 2.36 bits per heavy atom. The second-order valence-electron chi connectivity index (χ2n) is 2.31. The second-order valence-corrected chi connectivity index (χ2v) is 5.06. The quantitative estimate of drug-likeness (QED) is 0.375. The summed E-state index contributed by atoms with van der Waals surface area (Å²) in [6.07, 6.45) is 1.45. The summed E-state index contributed by atoms with van der Waals surface area (Å²) in [6.45, 7) is 1.92. The van der Waals surface area contributed by atoms with E-state index in [0.717, 1.165) is 5.75 Å². The van der Waals surface area contributed by atoms with E-state index in [9.17, 15) is 0 Å². The van der Waals surface area contributed by atoms with E-state index in [2.05, 4.69) is 10.3 Å². The van der Waals surface area contributed by atoms with Crippen LogP contribution in [0.3, 0.4) is 0 Å². The molecule has 0 amide bonds. The van der Waals surface area contributed by atoms with Crippen molar-refractivity contribution in [3.05, 3.63) is 0 Å². The van der Waals surface area contributed by atoms with Gasteiger partial charge in [-0.2, -0.15) is 0 Å². The molecule has 0 radical (unpaired) electrons. The van der Waals surface area contributed by atoms with Crippen molar-refractivity contribution in [3.63, 3.8) is 0 Å².